The van der Waals surface area contributed by atoms with E-state index in [4.69, 9.17) is 14.2 Å². The summed E-state index contributed by atoms with van der Waals surface area (Å²) in [6.07, 6.45) is 2.20. The van der Waals surface area contributed by atoms with E-state index in [1.165, 1.54) is 0 Å². The van der Waals surface area contributed by atoms with Gasteiger partial charge in [0.05, 0.1) is 12.2 Å². The van der Waals surface area contributed by atoms with E-state index < -0.39 is 0 Å². The van der Waals surface area contributed by atoms with Gasteiger partial charge in [0.1, 0.15) is 12.4 Å². The molecule has 1 aromatic carbocycles. The minimum absolute atomic E-state index is 0.0954. The molecule has 7 heteroatoms. The lowest BCUT2D eigenvalue weighted by molar-refractivity contribution is 0.0243. The van der Waals surface area contributed by atoms with Gasteiger partial charge in [-0.05, 0) is 44.5 Å². The highest BCUT2D eigenvalue weighted by Gasteiger charge is 2.29. The van der Waals surface area contributed by atoms with Gasteiger partial charge in [0.25, 0.3) is 0 Å². The summed E-state index contributed by atoms with van der Waals surface area (Å²) in [6, 6.07) is 8.16. The molecule has 1 aliphatic heterocycles. The highest BCUT2D eigenvalue weighted by molar-refractivity contribution is 5.79. The standard InChI is InChI=1S/C21H36N4O3/c1-21(9-6-12-28-21)17-24-20(22-2)23-16-18-7-5-8-19(15-18)27-14-11-25(3)10-13-26-4/h5,7-8,15H,6,9-14,16-17H2,1-4H3,(H2,22,23,24). The lowest BCUT2D eigenvalue weighted by atomic mass is 10.0. The molecule has 2 N–H and O–H groups in total. The zero-order valence-electron chi connectivity index (χ0n) is 17.8. The van der Waals surface area contributed by atoms with Crippen LogP contribution in [0.25, 0.3) is 0 Å². The maximum absolute atomic E-state index is 5.89. The van der Waals surface area contributed by atoms with E-state index >= 15 is 0 Å². The van der Waals surface area contributed by atoms with Gasteiger partial charge in [0.15, 0.2) is 5.96 Å². The molecule has 1 saturated heterocycles. The lowest BCUT2D eigenvalue weighted by Gasteiger charge is -2.24. The quantitative estimate of drug-likeness (QED) is 0.443. The topological polar surface area (TPSA) is 67.4 Å². The second kappa shape index (κ2) is 11.9. The molecule has 0 aliphatic carbocycles. The number of benzene rings is 1. The predicted octanol–water partition coefficient (Wildman–Crippen LogP) is 1.88. The van der Waals surface area contributed by atoms with Crippen molar-refractivity contribution in [3.63, 3.8) is 0 Å². The Labute approximate surface area is 169 Å². The van der Waals surface area contributed by atoms with Gasteiger partial charge in [-0.2, -0.15) is 0 Å². The molecule has 1 heterocycles. The van der Waals surface area contributed by atoms with Crippen LogP contribution in [-0.4, -0.2) is 77.1 Å². The Morgan fingerprint density at radius 3 is 2.82 bits per heavy atom. The summed E-state index contributed by atoms with van der Waals surface area (Å²) >= 11 is 0. The fraction of sp³-hybridized carbons (Fsp3) is 0.667. The molecule has 158 valence electrons. The first-order chi connectivity index (χ1) is 13.5. The van der Waals surface area contributed by atoms with Gasteiger partial charge >= 0.3 is 0 Å². The van der Waals surface area contributed by atoms with Gasteiger partial charge in [0.2, 0.25) is 0 Å². The van der Waals surface area contributed by atoms with Gasteiger partial charge in [0, 0.05) is 46.9 Å². The van der Waals surface area contributed by atoms with Crippen molar-refractivity contribution in [1.82, 2.24) is 15.5 Å². The van der Waals surface area contributed by atoms with Crippen molar-refractivity contribution in [3.8, 4) is 5.75 Å². The van der Waals surface area contributed by atoms with Gasteiger partial charge in [-0.1, -0.05) is 12.1 Å². The Morgan fingerprint density at radius 1 is 1.29 bits per heavy atom. The summed E-state index contributed by atoms with van der Waals surface area (Å²) in [5, 5.41) is 6.72. The van der Waals surface area contributed by atoms with Gasteiger partial charge in [-0.15, -0.1) is 0 Å². The first-order valence-electron chi connectivity index (χ1n) is 10.0. The molecular weight excluding hydrogens is 356 g/mol. The third kappa shape index (κ3) is 8.04. The molecule has 1 fully saturated rings. The van der Waals surface area contributed by atoms with Crippen molar-refractivity contribution < 1.29 is 14.2 Å². The van der Waals surface area contributed by atoms with E-state index in [9.17, 15) is 0 Å². The lowest BCUT2D eigenvalue weighted by Crippen LogP contribution is -2.45. The van der Waals surface area contributed by atoms with E-state index in [0.717, 1.165) is 63.0 Å². The highest BCUT2D eigenvalue weighted by atomic mass is 16.5. The summed E-state index contributed by atoms with van der Waals surface area (Å²) in [4.78, 5) is 6.50. The van der Waals surface area contributed by atoms with Gasteiger partial charge in [-0.25, -0.2) is 0 Å². The number of guanidine groups is 1. The summed E-state index contributed by atoms with van der Waals surface area (Å²) in [6.45, 7) is 7.59. The molecule has 0 saturated carbocycles. The van der Waals surface area contributed by atoms with E-state index in [0.29, 0.717) is 13.2 Å². The number of nitrogens with one attached hydrogen (secondary N) is 2. The Morgan fingerprint density at radius 2 is 2.11 bits per heavy atom. The predicted molar refractivity (Wildman–Crippen MR) is 113 cm³/mol. The van der Waals surface area contributed by atoms with E-state index in [1.54, 1.807) is 14.2 Å². The van der Waals surface area contributed by atoms with E-state index in [-0.39, 0.29) is 5.60 Å². The monoisotopic (exact) mass is 392 g/mol. The third-order valence-electron chi connectivity index (χ3n) is 4.93. The molecule has 28 heavy (non-hydrogen) atoms. The molecule has 0 amide bonds. The van der Waals surface area contributed by atoms with Crippen LogP contribution < -0.4 is 15.4 Å². The molecule has 0 aromatic heterocycles. The van der Waals surface area contributed by atoms with Crippen LogP contribution in [0.15, 0.2) is 29.3 Å². The molecule has 0 spiro atoms. The maximum atomic E-state index is 5.89. The van der Waals surface area contributed by atoms with Crippen LogP contribution >= 0.6 is 0 Å². The number of nitrogens with zero attached hydrogens (tertiary/aromatic N) is 2. The molecule has 0 bridgehead atoms. The van der Waals surface area contributed by atoms with Crippen molar-refractivity contribution in [1.29, 1.82) is 0 Å². The third-order valence-corrected chi connectivity index (χ3v) is 4.93. The number of hydrogen-bond acceptors (Lipinski definition) is 5. The van der Waals surface area contributed by atoms with Crippen molar-refractivity contribution in [3.05, 3.63) is 29.8 Å². The van der Waals surface area contributed by atoms with Crippen LogP contribution in [0.5, 0.6) is 5.75 Å². The zero-order chi connectivity index (χ0) is 20.2. The number of likely N-dealkylation sites (N-methyl/N-ethyl adjacent to an activating group) is 1. The fourth-order valence-corrected chi connectivity index (χ4v) is 3.08. The van der Waals surface area contributed by atoms with Crippen LogP contribution in [0.1, 0.15) is 25.3 Å². The average molecular weight is 393 g/mol. The molecule has 7 nitrogen and oxygen atoms in total. The number of ether oxygens (including phenoxy) is 3. The first-order valence-corrected chi connectivity index (χ1v) is 10.0. The maximum Gasteiger partial charge on any atom is 0.191 e. The van der Waals surface area contributed by atoms with Crippen LogP contribution in [0, 0.1) is 0 Å². The van der Waals surface area contributed by atoms with Gasteiger partial charge in [-0.3, -0.25) is 4.99 Å². The summed E-state index contributed by atoms with van der Waals surface area (Å²) in [7, 11) is 5.57. The summed E-state index contributed by atoms with van der Waals surface area (Å²) in [5.74, 6) is 1.66. The normalized spacial score (nSPS) is 19.8. The number of rotatable bonds is 11. The molecule has 2 rings (SSSR count). The van der Waals surface area contributed by atoms with E-state index in [1.807, 2.05) is 12.1 Å². The molecule has 1 aliphatic rings. The van der Waals surface area contributed by atoms with Crippen molar-refractivity contribution in [2.45, 2.75) is 31.9 Å². The molecule has 1 atom stereocenters. The van der Waals surface area contributed by atoms with Crippen LogP contribution in [0.3, 0.4) is 0 Å². The van der Waals surface area contributed by atoms with Crippen LogP contribution in [0.4, 0.5) is 0 Å². The molecule has 1 aromatic rings. The van der Waals surface area contributed by atoms with Crippen molar-refractivity contribution in [2.24, 2.45) is 4.99 Å². The Bertz CT molecular complexity index is 603. The summed E-state index contributed by atoms with van der Waals surface area (Å²) in [5.41, 5.74) is 1.05. The largest absolute Gasteiger partial charge is 0.492 e. The van der Waals surface area contributed by atoms with Gasteiger partial charge < -0.3 is 29.7 Å². The van der Waals surface area contributed by atoms with Crippen molar-refractivity contribution >= 4 is 5.96 Å². The number of hydrogen-bond donors (Lipinski definition) is 2. The minimum atomic E-state index is -0.0954. The molecule has 0 radical (unpaired) electrons. The minimum Gasteiger partial charge on any atom is -0.492 e. The average Bonchev–Trinajstić information content (AvgIpc) is 3.13. The Kier molecular flexibility index (Phi) is 9.54. The Balaban J connectivity index is 1.73. The SMILES string of the molecule is CN=C(NCc1cccc(OCCN(C)CCOC)c1)NCC1(C)CCCO1. The molecular formula is C21H36N4O3. The van der Waals surface area contributed by atoms with Crippen molar-refractivity contribution in [2.75, 3.05) is 60.7 Å². The Hall–Kier alpha value is -1.83. The second-order valence-electron chi connectivity index (χ2n) is 7.47. The second-order valence-corrected chi connectivity index (χ2v) is 7.47. The highest BCUT2D eigenvalue weighted by Crippen LogP contribution is 2.23. The van der Waals surface area contributed by atoms with E-state index in [2.05, 4.69) is 46.6 Å². The number of methoxy groups -OCH3 is 1. The fourth-order valence-electron chi connectivity index (χ4n) is 3.08. The smallest absolute Gasteiger partial charge is 0.191 e. The zero-order valence-corrected chi connectivity index (χ0v) is 17.8. The van der Waals surface area contributed by atoms with Crippen LogP contribution in [-0.2, 0) is 16.0 Å². The first kappa shape index (κ1) is 22.5. The van der Waals surface area contributed by atoms with Crippen LogP contribution in [0.2, 0.25) is 0 Å². The summed E-state index contributed by atoms with van der Waals surface area (Å²) < 4.78 is 16.8. The number of aliphatic imine (C=N–C) groups is 1. The molecule has 1 unspecified atom stereocenters.